The molecule has 0 aromatic heterocycles. The molecular weight excluding hydrogens is 289 g/mol. The molecular formula is C16H22FNO4. The van der Waals surface area contributed by atoms with Crippen molar-refractivity contribution in [3.8, 4) is 0 Å². The Kier molecular flexibility index (Phi) is 5.52. The normalized spacial score (nSPS) is 11.6. The van der Waals surface area contributed by atoms with Crippen molar-refractivity contribution in [3.05, 3.63) is 29.6 Å². The number of ether oxygens (including phenoxy) is 2. The van der Waals surface area contributed by atoms with E-state index in [4.69, 9.17) is 15.2 Å². The number of anilines is 1. The number of halogens is 1. The molecule has 0 aliphatic rings. The maximum absolute atomic E-state index is 13.7. The van der Waals surface area contributed by atoms with E-state index >= 15 is 0 Å². The predicted octanol–water partition coefficient (Wildman–Crippen LogP) is 2.57. The van der Waals surface area contributed by atoms with Crippen LogP contribution < -0.4 is 5.73 Å². The Balaban J connectivity index is 3.34. The number of hydrogen-bond donors (Lipinski definition) is 1. The van der Waals surface area contributed by atoms with E-state index in [1.807, 2.05) is 0 Å². The molecule has 0 saturated heterocycles. The van der Waals surface area contributed by atoms with Crippen molar-refractivity contribution in [2.24, 2.45) is 0 Å². The maximum Gasteiger partial charge on any atom is 0.328 e. The quantitative estimate of drug-likeness (QED) is 0.513. The number of rotatable bonds is 5. The fourth-order valence-electron chi connectivity index (χ4n) is 1.82. The van der Waals surface area contributed by atoms with Crippen molar-refractivity contribution >= 4 is 17.6 Å². The zero-order valence-electron chi connectivity index (χ0n) is 13.5. The summed E-state index contributed by atoms with van der Waals surface area (Å²) < 4.78 is 24.0. The second kappa shape index (κ2) is 6.77. The first-order valence-electron chi connectivity index (χ1n) is 7.06. The van der Waals surface area contributed by atoms with Crippen LogP contribution in [0.5, 0.6) is 0 Å². The molecule has 0 saturated carbocycles. The van der Waals surface area contributed by atoms with Crippen molar-refractivity contribution in [1.29, 1.82) is 0 Å². The first kappa shape index (κ1) is 17.9. The van der Waals surface area contributed by atoms with Crippen LogP contribution in [0.15, 0.2) is 18.2 Å². The lowest BCUT2D eigenvalue weighted by molar-refractivity contribution is -0.168. The number of nitrogens with two attached hydrogens (primary N) is 1. The van der Waals surface area contributed by atoms with Gasteiger partial charge in [0.2, 0.25) is 0 Å². The number of carbonyl (C=O) groups excluding carboxylic acids is 2. The van der Waals surface area contributed by atoms with E-state index in [1.165, 1.54) is 19.1 Å². The first-order valence-corrected chi connectivity index (χ1v) is 7.06. The summed E-state index contributed by atoms with van der Waals surface area (Å²) in [5.41, 5.74) is 3.74. The average molecular weight is 311 g/mol. The standard InChI is InChI=1S/C16H22FNO4/c1-9(2)21-14(19)16(5,15(20)22-10(3)4)11-6-7-13(18)12(17)8-11/h6-10H,18H2,1-5H3. The van der Waals surface area contributed by atoms with Crippen LogP contribution in [0.1, 0.15) is 40.2 Å². The molecule has 0 unspecified atom stereocenters. The van der Waals surface area contributed by atoms with Crippen molar-refractivity contribution in [2.75, 3.05) is 5.73 Å². The van der Waals surface area contributed by atoms with Crippen LogP contribution >= 0.6 is 0 Å². The summed E-state index contributed by atoms with van der Waals surface area (Å²) in [6, 6.07) is 3.77. The van der Waals surface area contributed by atoms with Gasteiger partial charge in [0, 0.05) is 0 Å². The Labute approximate surface area is 129 Å². The van der Waals surface area contributed by atoms with Crippen molar-refractivity contribution in [3.63, 3.8) is 0 Å². The number of nitrogen functional groups attached to an aromatic ring is 1. The summed E-state index contributed by atoms with van der Waals surface area (Å²) in [5.74, 6) is -2.30. The number of hydrogen-bond acceptors (Lipinski definition) is 5. The van der Waals surface area contributed by atoms with Crippen LogP contribution in [0.4, 0.5) is 10.1 Å². The van der Waals surface area contributed by atoms with Gasteiger partial charge in [-0.3, -0.25) is 9.59 Å². The highest BCUT2D eigenvalue weighted by Crippen LogP contribution is 2.30. The third kappa shape index (κ3) is 3.75. The Hall–Kier alpha value is -2.11. The highest BCUT2D eigenvalue weighted by Gasteiger charge is 2.47. The summed E-state index contributed by atoms with van der Waals surface area (Å²) in [6.45, 7) is 8.00. The van der Waals surface area contributed by atoms with E-state index in [0.717, 1.165) is 6.07 Å². The highest BCUT2D eigenvalue weighted by molar-refractivity contribution is 6.06. The molecule has 1 rings (SSSR count). The minimum Gasteiger partial charge on any atom is -0.462 e. The van der Waals surface area contributed by atoms with Crippen molar-refractivity contribution in [1.82, 2.24) is 0 Å². The molecule has 1 aromatic rings. The van der Waals surface area contributed by atoms with E-state index in [9.17, 15) is 14.0 Å². The van der Waals surface area contributed by atoms with Gasteiger partial charge in [0.05, 0.1) is 17.9 Å². The summed E-state index contributed by atoms with van der Waals surface area (Å²) in [6.07, 6.45) is -0.838. The number of benzene rings is 1. The summed E-state index contributed by atoms with van der Waals surface area (Å²) in [5, 5.41) is 0. The zero-order valence-corrected chi connectivity index (χ0v) is 13.5. The highest BCUT2D eigenvalue weighted by atomic mass is 19.1. The third-order valence-electron chi connectivity index (χ3n) is 3.08. The minimum absolute atomic E-state index is 0.0689. The molecule has 6 heteroatoms. The molecule has 1 aromatic carbocycles. The number of carbonyl (C=O) groups is 2. The van der Waals surface area contributed by atoms with Crippen LogP contribution in [0.3, 0.4) is 0 Å². The Bertz CT molecular complexity index is 547. The van der Waals surface area contributed by atoms with E-state index in [1.54, 1.807) is 27.7 Å². The Morgan fingerprint density at radius 1 is 1.09 bits per heavy atom. The molecule has 5 nitrogen and oxygen atoms in total. The van der Waals surface area contributed by atoms with E-state index in [2.05, 4.69) is 0 Å². The van der Waals surface area contributed by atoms with Crippen molar-refractivity contribution in [2.45, 2.75) is 52.2 Å². The topological polar surface area (TPSA) is 78.6 Å². The van der Waals surface area contributed by atoms with Gasteiger partial charge >= 0.3 is 11.9 Å². The van der Waals surface area contributed by atoms with Crippen LogP contribution in [-0.2, 0) is 24.5 Å². The molecule has 22 heavy (non-hydrogen) atoms. The SMILES string of the molecule is CC(C)OC(=O)C(C)(C(=O)OC(C)C)c1ccc(N)c(F)c1. The summed E-state index contributed by atoms with van der Waals surface area (Å²) >= 11 is 0. The van der Waals surface area contributed by atoms with Gasteiger partial charge in [-0.25, -0.2) is 4.39 Å². The van der Waals surface area contributed by atoms with E-state index < -0.39 is 35.4 Å². The Morgan fingerprint density at radius 3 is 1.91 bits per heavy atom. The van der Waals surface area contributed by atoms with E-state index in [-0.39, 0.29) is 11.3 Å². The molecule has 0 aliphatic carbocycles. The molecule has 0 atom stereocenters. The average Bonchev–Trinajstić information content (AvgIpc) is 2.39. The molecule has 2 N–H and O–H groups in total. The predicted molar refractivity (Wildman–Crippen MR) is 80.6 cm³/mol. The van der Waals surface area contributed by atoms with Crippen LogP contribution in [0.2, 0.25) is 0 Å². The van der Waals surface area contributed by atoms with Gasteiger partial charge in [-0.2, -0.15) is 0 Å². The molecule has 0 spiro atoms. The zero-order chi connectivity index (χ0) is 17.1. The van der Waals surface area contributed by atoms with Crippen molar-refractivity contribution < 1.29 is 23.5 Å². The summed E-state index contributed by atoms with van der Waals surface area (Å²) in [4.78, 5) is 24.8. The molecule has 122 valence electrons. The van der Waals surface area contributed by atoms with Crippen LogP contribution in [0.25, 0.3) is 0 Å². The lowest BCUT2D eigenvalue weighted by atomic mass is 9.82. The van der Waals surface area contributed by atoms with E-state index in [0.29, 0.717) is 0 Å². The second-order valence-corrected chi connectivity index (χ2v) is 5.77. The van der Waals surface area contributed by atoms with Crippen LogP contribution in [-0.4, -0.2) is 24.1 Å². The smallest absolute Gasteiger partial charge is 0.328 e. The Morgan fingerprint density at radius 2 is 1.55 bits per heavy atom. The van der Waals surface area contributed by atoms with Gasteiger partial charge in [0.15, 0.2) is 5.41 Å². The fourth-order valence-corrected chi connectivity index (χ4v) is 1.82. The third-order valence-corrected chi connectivity index (χ3v) is 3.08. The van der Waals surface area contributed by atoms with Gasteiger partial charge in [0.1, 0.15) is 5.82 Å². The van der Waals surface area contributed by atoms with Gasteiger partial charge in [-0.05, 0) is 52.3 Å². The van der Waals surface area contributed by atoms with Gasteiger partial charge in [-0.15, -0.1) is 0 Å². The first-order chi connectivity index (χ1) is 10.1. The molecule has 0 heterocycles. The minimum atomic E-state index is -1.76. The fraction of sp³-hybridized carbons (Fsp3) is 0.500. The van der Waals surface area contributed by atoms with Gasteiger partial charge in [-0.1, -0.05) is 6.07 Å². The maximum atomic E-state index is 13.7. The molecule has 0 amide bonds. The van der Waals surface area contributed by atoms with Gasteiger partial charge < -0.3 is 15.2 Å². The molecule has 0 bridgehead atoms. The molecule has 0 fully saturated rings. The monoisotopic (exact) mass is 311 g/mol. The van der Waals surface area contributed by atoms with Crippen LogP contribution in [0, 0.1) is 5.82 Å². The largest absolute Gasteiger partial charge is 0.462 e. The second-order valence-electron chi connectivity index (χ2n) is 5.77. The van der Waals surface area contributed by atoms with Gasteiger partial charge in [0.25, 0.3) is 0 Å². The molecule has 0 radical (unpaired) electrons. The lowest BCUT2D eigenvalue weighted by Gasteiger charge is -2.28. The lowest BCUT2D eigenvalue weighted by Crippen LogP contribution is -2.45. The number of esters is 2. The summed E-state index contributed by atoms with van der Waals surface area (Å²) in [7, 11) is 0. The molecule has 0 aliphatic heterocycles.